The van der Waals surface area contributed by atoms with Crippen LogP contribution in [-0.4, -0.2) is 31.1 Å². The predicted octanol–water partition coefficient (Wildman–Crippen LogP) is 0.369. The molecular formula is C11H14N6O2. The van der Waals surface area contributed by atoms with E-state index in [1.54, 1.807) is 10.9 Å². The van der Waals surface area contributed by atoms with Crippen LogP contribution in [0.5, 0.6) is 0 Å². The lowest BCUT2D eigenvalue weighted by molar-refractivity contribution is 0.102. The summed E-state index contributed by atoms with van der Waals surface area (Å²) in [6.45, 7) is 5.85. The number of carbonyl (C=O) groups excluding carboxylic acids is 1. The average Bonchev–Trinajstić information content (AvgIpc) is 2.81. The molecule has 0 saturated heterocycles. The molecule has 0 aliphatic heterocycles. The van der Waals surface area contributed by atoms with E-state index in [2.05, 4.69) is 25.8 Å². The van der Waals surface area contributed by atoms with Crippen molar-refractivity contribution in [2.24, 2.45) is 0 Å². The van der Waals surface area contributed by atoms with Crippen molar-refractivity contribution in [2.45, 2.75) is 26.3 Å². The fraction of sp³-hybridized carbons (Fsp3) is 0.364. The molecule has 100 valence electrons. The molecule has 8 nitrogen and oxygen atoms in total. The standard InChI is InChI=1S/C11H14N6O2/c1-11(2,3)17-6-7(13-16-17)10(19)12-8-4-5-9(18)15-14-8/h4-6H,1-3H3,(H,15,18)(H,12,14,19). The van der Waals surface area contributed by atoms with E-state index in [1.165, 1.54) is 12.1 Å². The van der Waals surface area contributed by atoms with E-state index in [0.717, 1.165) is 0 Å². The Morgan fingerprint density at radius 2 is 2.11 bits per heavy atom. The molecule has 0 atom stereocenters. The summed E-state index contributed by atoms with van der Waals surface area (Å²) in [5, 5.41) is 16.1. The molecule has 19 heavy (non-hydrogen) atoms. The second-order valence-electron chi connectivity index (χ2n) is 4.98. The minimum absolute atomic E-state index is 0.183. The van der Waals surface area contributed by atoms with Gasteiger partial charge in [0.25, 0.3) is 11.5 Å². The van der Waals surface area contributed by atoms with Crippen molar-refractivity contribution in [1.82, 2.24) is 25.2 Å². The number of nitrogens with zero attached hydrogens (tertiary/aromatic N) is 4. The lowest BCUT2D eigenvalue weighted by Crippen LogP contribution is -2.22. The minimum Gasteiger partial charge on any atom is -0.304 e. The first-order valence-electron chi connectivity index (χ1n) is 5.66. The number of hydrogen-bond donors (Lipinski definition) is 2. The molecule has 0 radical (unpaired) electrons. The van der Waals surface area contributed by atoms with Crippen LogP contribution in [0.4, 0.5) is 5.82 Å². The number of carbonyl (C=O) groups is 1. The number of aromatic amines is 1. The van der Waals surface area contributed by atoms with Crippen LogP contribution >= 0.6 is 0 Å². The highest BCUT2D eigenvalue weighted by Gasteiger charge is 2.18. The van der Waals surface area contributed by atoms with Crippen molar-refractivity contribution in [3.05, 3.63) is 34.4 Å². The molecule has 0 unspecified atom stereocenters. The first kappa shape index (κ1) is 12.9. The van der Waals surface area contributed by atoms with E-state index in [-0.39, 0.29) is 22.6 Å². The largest absolute Gasteiger partial charge is 0.304 e. The van der Waals surface area contributed by atoms with Crippen molar-refractivity contribution in [3.8, 4) is 0 Å². The fourth-order valence-corrected chi connectivity index (χ4v) is 1.29. The second kappa shape index (κ2) is 4.63. The quantitative estimate of drug-likeness (QED) is 0.813. The Kier molecular flexibility index (Phi) is 3.16. The Balaban J connectivity index is 2.14. The fourth-order valence-electron chi connectivity index (χ4n) is 1.29. The summed E-state index contributed by atoms with van der Waals surface area (Å²) in [5.74, 6) is -0.190. The summed E-state index contributed by atoms with van der Waals surface area (Å²) in [4.78, 5) is 22.7. The van der Waals surface area contributed by atoms with Gasteiger partial charge in [-0.3, -0.25) is 9.59 Å². The first-order valence-corrected chi connectivity index (χ1v) is 5.66. The molecule has 0 aliphatic rings. The Morgan fingerprint density at radius 1 is 1.37 bits per heavy atom. The Hall–Kier alpha value is -2.51. The molecule has 2 heterocycles. The molecule has 8 heteroatoms. The average molecular weight is 262 g/mol. The molecule has 2 aromatic heterocycles. The third kappa shape index (κ3) is 3.03. The van der Waals surface area contributed by atoms with Crippen LogP contribution < -0.4 is 10.9 Å². The summed E-state index contributed by atoms with van der Waals surface area (Å²) in [5.41, 5.74) is -0.401. The van der Waals surface area contributed by atoms with Gasteiger partial charge in [-0.25, -0.2) is 9.78 Å². The van der Waals surface area contributed by atoms with Gasteiger partial charge in [0.15, 0.2) is 11.5 Å². The highest BCUT2D eigenvalue weighted by atomic mass is 16.2. The number of hydrogen-bond acceptors (Lipinski definition) is 5. The molecule has 0 bridgehead atoms. The van der Waals surface area contributed by atoms with Gasteiger partial charge in [0, 0.05) is 6.07 Å². The van der Waals surface area contributed by atoms with Crippen molar-refractivity contribution >= 4 is 11.7 Å². The van der Waals surface area contributed by atoms with Crippen LogP contribution in [0.3, 0.4) is 0 Å². The normalized spacial score (nSPS) is 11.3. The zero-order valence-corrected chi connectivity index (χ0v) is 10.8. The van der Waals surface area contributed by atoms with Crippen LogP contribution in [0.25, 0.3) is 0 Å². The van der Waals surface area contributed by atoms with E-state index in [9.17, 15) is 9.59 Å². The van der Waals surface area contributed by atoms with Crippen LogP contribution in [0.2, 0.25) is 0 Å². The molecule has 0 saturated carbocycles. The van der Waals surface area contributed by atoms with Crippen LogP contribution in [0.15, 0.2) is 23.1 Å². The van der Waals surface area contributed by atoms with E-state index in [4.69, 9.17) is 0 Å². The highest BCUT2D eigenvalue weighted by Crippen LogP contribution is 2.12. The smallest absolute Gasteiger partial charge is 0.279 e. The number of anilines is 1. The zero-order chi connectivity index (χ0) is 14.0. The molecule has 2 N–H and O–H groups in total. The van der Waals surface area contributed by atoms with Crippen molar-refractivity contribution < 1.29 is 4.79 Å². The maximum atomic E-state index is 11.9. The van der Waals surface area contributed by atoms with Crippen LogP contribution in [0.1, 0.15) is 31.3 Å². The number of amides is 1. The number of H-pyrrole nitrogens is 1. The van der Waals surface area contributed by atoms with E-state index in [0.29, 0.717) is 0 Å². The van der Waals surface area contributed by atoms with Gasteiger partial charge in [0.2, 0.25) is 0 Å². The van der Waals surface area contributed by atoms with Gasteiger partial charge < -0.3 is 5.32 Å². The Labute approximate surface area is 108 Å². The topological polar surface area (TPSA) is 106 Å². The van der Waals surface area contributed by atoms with Crippen LogP contribution in [-0.2, 0) is 5.54 Å². The van der Waals surface area contributed by atoms with Gasteiger partial charge in [-0.15, -0.1) is 5.10 Å². The molecule has 0 aliphatic carbocycles. The second-order valence-corrected chi connectivity index (χ2v) is 4.98. The summed E-state index contributed by atoms with van der Waals surface area (Å²) in [6, 6.07) is 2.68. The number of rotatable bonds is 2. The first-order chi connectivity index (χ1) is 8.86. The summed E-state index contributed by atoms with van der Waals surface area (Å²) in [6.07, 6.45) is 1.56. The maximum Gasteiger partial charge on any atom is 0.279 e. The number of aromatic nitrogens is 5. The summed E-state index contributed by atoms with van der Waals surface area (Å²) >= 11 is 0. The van der Waals surface area contributed by atoms with Crippen molar-refractivity contribution in [3.63, 3.8) is 0 Å². The predicted molar refractivity (Wildman–Crippen MR) is 67.8 cm³/mol. The molecule has 1 amide bonds. The zero-order valence-electron chi connectivity index (χ0n) is 10.8. The Bertz CT molecular complexity index is 631. The van der Waals surface area contributed by atoms with E-state index in [1.807, 2.05) is 20.8 Å². The van der Waals surface area contributed by atoms with Crippen LogP contribution in [0, 0.1) is 0 Å². The highest BCUT2D eigenvalue weighted by molar-refractivity contribution is 6.01. The van der Waals surface area contributed by atoms with Gasteiger partial charge in [0.1, 0.15) is 0 Å². The minimum atomic E-state index is -0.435. The van der Waals surface area contributed by atoms with Gasteiger partial charge in [-0.1, -0.05) is 5.21 Å². The summed E-state index contributed by atoms with van der Waals surface area (Å²) in [7, 11) is 0. The van der Waals surface area contributed by atoms with Gasteiger partial charge in [-0.05, 0) is 26.8 Å². The lowest BCUT2D eigenvalue weighted by atomic mass is 10.1. The monoisotopic (exact) mass is 262 g/mol. The molecule has 2 aromatic rings. The van der Waals surface area contributed by atoms with Gasteiger partial charge >= 0.3 is 0 Å². The van der Waals surface area contributed by atoms with E-state index < -0.39 is 5.91 Å². The molecule has 2 rings (SSSR count). The molecular weight excluding hydrogens is 248 g/mol. The molecule has 0 spiro atoms. The molecule has 0 aromatic carbocycles. The lowest BCUT2D eigenvalue weighted by Gasteiger charge is -2.17. The van der Waals surface area contributed by atoms with Crippen molar-refractivity contribution in [1.29, 1.82) is 0 Å². The SMILES string of the molecule is CC(C)(C)n1cc(C(=O)Nc2ccc(=O)[nH]n2)nn1. The van der Waals surface area contributed by atoms with Gasteiger partial charge in [-0.2, -0.15) is 5.10 Å². The third-order valence-electron chi connectivity index (χ3n) is 2.33. The third-order valence-corrected chi connectivity index (χ3v) is 2.33. The number of nitrogens with one attached hydrogen (secondary N) is 2. The van der Waals surface area contributed by atoms with Gasteiger partial charge in [0.05, 0.1) is 11.7 Å². The van der Waals surface area contributed by atoms with Crippen molar-refractivity contribution in [2.75, 3.05) is 5.32 Å². The van der Waals surface area contributed by atoms with E-state index >= 15 is 0 Å². The summed E-state index contributed by atoms with van der Waals surface area (Å²) < 4.78 is 1.60. The Morgan fingerprint density at radius 3 is 2.63 bits per heavy atom. The maximum absolute atomic E-state index is 11.9. The molecule has 0 fully saturated rings.